The Hall–Kier alpha value is -0.660. The van der Waals surface area contributed by atoms with Crippen LogP contribution in [0.15, 0.2) is 23.3 Å². The Balaban J connectivity index is 0.000000829. The Morgan fingerprint density at radius 3 is 2.20 bits per heavy atom. The first-order chi connectivity index (χ1) is 9.45. The van der Waals surface area contributed by atoms with E-state index in [9.17, 15) is 8.78 Å². The van der Waals surface area contributed by atoms with Crippen molar-refractivity contribution in [1.29, 1.82) is 0 Å². The topological polar surface area (TPSA) is 0 Å². The smallest absolute Gasteiger partial charge is 0.173 e. The van der Waals surface area contributed by atoms with E-state index in [4.69, 9.17) is 0 Å². The summed E-state index contributed by atoms with van der Waals surface area (Å²) in [6.45, 7) is 14.8. The second-order valence-electron chi connectivity index (χ2n) is 5.69. The van der Waals surface area contributed by atoms with Crippen molar-refractivity contribution < 1.29 is 8.78 Å². The Morgan fingerprint density at radius 1 is 1.15 bits per heavy atom. The molecule has 0 N–H and O–H groups in total. The SMILES string of the molecule is CC.CC.CC1CC=C2CC(=C(F)F)CCC2(C)C1C. The summed E-state index contributed by atoms with van der Waals surface area (Å²) >= 11 is 0. The fourth-order valence-electron chi connectivity index (χ4n) is 3.24. The van der Waals surface area contributed by atoms with Gasteiger partial charge in [0.05, 0.1) is 0 Å². The molecule has 3 atom stereocenters. The maximum Gasteiger partial charge on any atom is 0.269 e. The van der Waals surface area contributed by atoms with Crippen molar-refractivity contribution in [2.45, 2.75) is 74.1 Å². The lowest BCUT2D eigenvalue weighted by Crippen LogP contribution is -2.37. The molecule has 0 aromatic rings. The van der Waals surface area contributed by atoms with Crippen molar-refractivity contribution >= 4 is 0 Å². The molecular weight excluding hydrogens is 254 g/mol. The van der Waals surface area contributed by atoms with E-state index < -0.39 is 6.08 Å². The largest absolute Gasteiger partial charge is 0.269 e. The summed E-state index contributed by atoms with van der Waals surface area (Å²) < 4.78 is 25.3. The Labute approximate surface area is 124 Å². The van der Waals surface area contributed by atoms with Gasteiger partial charge in [0.15, 0.2) is 0 Å². The molecule has 0 aromatic heterocycles. The van der Waals surface area contributed by atoms with E-state index in [1.807, 2.05) is 27.7 Å². The van der Waals surface area contributed by atoms with E-state index in [-0.39, 0.29) is 5.41 Å². The van der Waals surface area contributed by atoms with Gasteiger partial charge in [-0.15, -0.1) is 0 Å². The van der Waals surface area contributed by atoms with Gasteiger partial charge in [-0.05, 0) is 48.5 Å². The van der Waals surface area contributed by atoms with Gasteiger partial charge in [0.2, 0.25) is 0 Å². The van der Waals surface area contributed by atoms with Crippen LogP contribution in [0.3, 0.4) is 0 Å². The molecule has 0 amide bonds. The van der Waals surface area contributed by atoms with Crippen LogP contribution in [0.1, 0.15) is 74.1 Å². The molecule has 0 aliphatic heterocycles. The first-order valence-corrected chi connectivity index (χ1v) is 8.17. The van der Waals surface area contributed by atoms with Gasteiger partial charge in [0, 0.05) is 0 Å². The molecule has 0 heterocycles. The lowest BCUT2D eigenvalue weighted by Gasteiger charge is -2.47. The molecule has 3 unspecified atom stereocenters. The molecule has 2 rings (SSSR count). The van der Waals surface area contributed by atoms with Gasteiger partial charge in [-0.2, -0.15) is 8.78 Å². The minimum absolute atomic E-state index is 0.163. The van der Waals surface area contributed by atoms with Crippen LogP contribution < -0.4 is 0 Å². The molecule has 2 aliphatic rings. The normalized spacial score (nSPS) is 31.9. The molecule has 2 aliphatic carbocycles. The zero-order chi connectivity index (χ0) is 15.9. The highest BCUT2D eigenvalue weighted by Crippen LogP contribution is 2.53. The number of fused-ring (bicyclic) bond motifs is 1. The summed E-state index contributed by atoms with van der Waals surface area (Å²) in [4.78, 5) is 0. The fourth-order valence-corrected chi connectivity index (χ4v) is 3.24. The lowest BCUT2D eigenvalue weighted by molar-refractivity contribution is 0.142. The van der Waals surface area contributed by atoms with Gasteiger partial charge in [0.25, 0.3) is 6.08 Å². The van der Waals surface area contributed by atoms with Crippen molar-refractivity contribution in [2.75, 3.05) is 0 Å². The fraction of sp³-hybridized carbons (Fsp3) is 0.778. The summed E-state index contributed by atoms with van der Waals surface area (Å²) in [6.07, 6.45) is 3.79. The van der Waals surface area contributed by atoms with Crippen molar-refractivity contribution in [1.82, 2.24) is 0 Å². The molecule has 1 fully saturated rings. The summed E-state index contributed by atoms with van der Waals surface area (Å²) in [5.41, 5.74) is 1.79. The van der Waals surface area contributed by atoms with Crippen LogP contribution in [0, 0.1) is 17.3 Å². The molecule has 20 heavy (non-hydrogen) atoms. The quantitative estimate of drug-likeness (QED) is 0.421. The highest BCUT2D eigenvalue weighted by molar-refractivity contribution is 5.29. The van der Waals surface area contributed by atoms with Crippen molar-refractivity contribution in [2.24, 2.45) is 17.3 Å². The lowest BCUT2D eigenvalue weighted by atomic mass is 9.57. The molecular formula is C18H32F2. The second kappa shape index (κ2) is 8.59. The van der Waals surface area contributed by atoms with E-state index >= 15 is 0 Å². The molecule has 0 spiro atoms. The minimum Gasteiger partial charge on any atom is -0.173 e. The molecule has 0 nitrogen and oxygen atoms in total. The number of allylic oxidation sites excluding steroid dienone is 3. The molecule has 0 saturated heterocycles. The van der Waals surface area contributed by atoms with E-state index in [0.29, 0.717) is 30.3 Å². The first kappa shape index (κ1) is 19.3. The Morgan fingerprint density at radius 2 is 1.70 bits per heavy atom. The number of rotatable bonds is 0. The van der Waals surface area contributed by atoms with Crippen molar-refractivity contribution in [3.63, 3.8) is 0 Å². The van der Waals surface area contributed by atoms with Gasteiger partial charge >= 0.3 is 0 Å². The number of hydrogen-bond donors (Lipinski definition) is 0. The monoisotopic (exact) mass is 286 g/mol. The second-order valence-corrected chi connectivity index (χ2v) is 5.69. The molecule has 1 saturated carbocycles. The third-order valence-corrected chi connectivity index (χ3v) is 4.95. The van der Waals surface area contributed by atoms with E-state index in [2.05, 4.69) is 26.8 Å². The first-order valence-electron chi connectivity index (χ1n) is 8.17. The third-order valence-electron chi connectivity index (χ3n) is 4.95. The van der Waals surface area contributed by atoms with Crippen LogP contribution in [-0.4, -0.2) is 0 Å². The molecule has 0 radical (unpaired) electrons. The van der Waals surface area contributed by atoms with Gasteiger partial charge in [-0.1, -0.05) is 60.1 Å². The highest BCUT2D eigenvalue weighted by Gasteiger charge is 2.42. The van der Waals surface area contributed by atoms with Crippen LogP contribution in [0.4, 0.5) is 8.78 Å². The summed E-state index contributed by atoms with van der Waals surface area (Å²) in [5.74, 6) is 1.28. The molecule has 2 heteroatoms. The van der Waals surface area contributed by atoms with Crippen molar-refractivity contribution in [3.05, 3.63) is 23.3 Å². The van der Waals surface area contributed by atoms with Gasteiger partial charge in [0.1, 0.15) is 0 Å². The van der Waals surface area contributed by atoms with Gasteiger partial charge in [-0.3, -0.25) is 0 Å². The van der Waals surface area contributed by atoms with Crippen LogP contribution >= 0.6 is 0 Å². The zero-order valence-corrected chi connectivity index (χ0v) is 14.3. The average Bonchev–Trinajstić information content (AvgIpc) is 2.48. The molecule has 0 bridgehead atoms. The summed E-state index contributed by atoms with van der Waals surface area (Å²) in [6, 6.07) is 0. The summed E-state index contributed by atoms with van der Waals surface area (Å²) in [5, 5.41) is 0. The van der Waals surface area contributed by atoms with Crippen LogP contribution in [0.5, 0.6) is 0 Å². The van der Waals surface area contributed by atoms with E-state index in [1.54, 1.807) is 0 Å². The minimum atomic E-state index is -1.45. The summed E-state index contributed by atoms with van der Waals surface area (Å²) in [7, 11) is 0. The highest BCUT2D eigenvalue weighted by atomic mass is 19.3. The number of halogens is 2. The van der Waals surface area contributed by atoms with E-state index in [0.717, 1.165) is 12.8 Å². The van der Waals surface area contributed by atoms with Crippen LogP contribution in [0.2, 0.25) is 0 Å². The predicted octanol–water partition coefficient (Wildman–Crippen LogP) is 6.98. The number of hydrogen-bond acceptors (Lipinski definition) is 0. The third kappa shape index (κ3) is 3.93. The van der Waals surface area contributed by atoms with Gasteiger partial charge in [-0.25, -0.2) is 0 Å². The Kier molecular flexibility index (Phi) is 8.30. The predicted molar refractivity (Wildman–Crippen MR) is 84.9 cm³/mol. The maximum atomic E-state index is 12.6. The van der Waals surface area contributed by atoms with Crippen LogP contribution in [-0.2, 0) is 0 Å². The molecule has 118 valence electrons. The Bertz CT molecular complexity index is 350. The zero-order valence-electron chi connectivity index (χ0n) is 14.3. The maximum absolute atomic E-state index is 12.6. The average molecular weight is 286 g/mol. The standard InChI is InChI=1S/C14H20F2.2C2H6/c1-9-4-5-12-8-11(13(15)16)6-7-14(12,3)10(9)2;2*1-2/h5,9-10H,4,6-8H2,1-3H3;2*1-2H3. The van der Waals surface area contributed by atoms with Gasteiger partial charge < -0.3 is 0 Å². The van der Waals surface area contributed by atoms with Crippen molar-refractivity contribution in [3.8, 4) is 0 Å². The molecule has 0 aromatic carbocycles. The van der Waals surface area contributed by atoms with Crippen LogP contribution in [0.25, 0.3) is 0 Å². The van der Waals surface area contributed by atoms with E-state index in [1.165, 1.54) is 5.57 Å².